The van der Waals surface area contributed by atoms with E-state index in [4.69, 9.17) is 4.74 Å². The van der Waals surface area contributed by atoms with Crippen molar-refractivity contribution in [3.05, 3.63) is 27.7 Å². The van der Waals surface area contributed by atoms with Crippen molar-refractivity contribution >= 4 is 21.8 Å². The van der Waals surface area contributed by atoms with Gasteiger partial charge in [0.05, 0.1) is 0 Å². The topological polar surface area (TPSA) is 38.3 Å². The molecule has 0 aliphatic carbocycles. The normalized spacial score (nSPS) is 12.3. The van der Waals surface area contributed by atoms with Crippen LogP contribution >= 0.6 is 15.9 Å². The number of aryl methyl sites for hydroxylation is 2. The Labute approximate surface area is 130 Å². The van der Waals surface area contributed by atoms with Gasteiger partial charge in [0.2, 0.25) is 0 Å². The van der Waals surface area contributed by atoms with E-state index in [2.05, 4.69) is 35.1 Å². The molecule has 1 atom stereocenters. The Morgan fingerprint density at radius 1 is 1.25 bits per heavy atom. The van der Waals surface area contributed by atoms with Gasteiger partial charge in [-0.1, -0.05) is 29.8 Å². The molecule has 1 unspecified atom stereocenters. The molecular weight excluding hydrogens is 318 g/mol. The molecule has 1 aromatic carbocycles. The van der Waals surface area contributed by atoms with Crippen molar-refractivity contribution in [3.63, 3.8) is 0 Å². The molecule has 0 fully saturated rings. The quantitative estimate of drug-likeness (QED) is 0.844. The SMILES string of the molecule is CCC(CC)NC(=O)C(C)Oc1cc(C)c(Br)c(C)c1. The van der Waals surface area contributed by atoms with Gasteiger partial charge in [0.1, 0.15) is 5.75 Å². The van der Waals surface area contributed by atoms with E-state index in [0.717, 1.165) is 34.2 Å². The van der Waals surface area contributed by atoms with Crippen LogP contribution in [0.5, 0.6) is 5.75 Å². The Balaban J connectivity index is 2.70. The molecule has 0 spiro atoms. The summed E-state index contributed by atoms with van der Waals surface area (Å²) < 4.78 is 6.83. The zero-order valence-corrected chi connectivity index (χ0v) is 14.5. The van der Waals surface area contributed by atoms with E-state index in [9.17, 15) is 4.79 Å². The summed E-state index contributed by atoms with van der Waals surface area (Å²) in [6.45, 7) is 9.95. The van der Waals surface area contributed by atoms with E-state index >= 15 is 0 Å². The Bertz CT molecular complexity index is 447. The van der Waals surface area contributed by atoms with Crippen molar-refractivity contribution in [1.82, 2.24) is 5.32 Å². The molecule has 0 heterocycles. The Hall–Kier alpha value is -1.03. The van der Waals surface area contributed by atoms with Crippen molar-refractivity contribution in [2.75, 3.05) is 0 Å². The molecule has 0 saturated carbocycles. The third-order valence-corrected chi connectivity index (χ3v) is 4.67. The third-order valence-electron chi connectivity index (χ3n) is 3.42. The lowest BCUT2D eigenvalue weighted by Crippen LogP contribution is -2.42. The average Bonchev–Trinajstić information content (AvgIpc) is 2.41. The van der Waals surface area contributed by atoms with Gasteiger partial charge in [-0.05, 0) is 56.9 Å². The van der Waals surface area contributed by atoms with Gasteiger partial charge in [-0.25, -0.2) is 0 Å². The van der Waals surface area contributed by atoms with Crippen LogP contribution in [0, 0.1) is 13.8 Å². The molecule has 0 aliphatic rings. The summed E-state index contributed by atoms with van der Waals surface area (Å²) >= 11 is 3.52. The smallest absolute Gasteiger partial charge is 0.260 e. The van der Waals surface area contributed by atoms with Crippen molar-refractivity contribution in [2.24, 2.45) is 0 Å². The van der Waals surface area contributed by atoms with E-state index in [1.54, 1.807) is 6.92 Å². The Kier molecular flexibility index (Phi) is 6.53. The number of carbonyl (C=O) groups is 1. The standard InChI is InChI=1S/C16H24BrNO2/c1-6-13(7-2)18-16(19)12(5)20-14-8-10(3)15(17)11(4)9-14/h8-9,12-13H,6-7H2,1-5H3,(H,18,19). The lowest BCUT2D eigenvalue weighted by molar-refractivity contribution is -0.128. The Morgan fingerprint density at radius 2 is 1.75 bits per heavy atom. The van der Waals surface area contributed by atoms with Crippen LogP contribution in [0.25, 0.3) is 0 Å². The van der Waals surface area contributed by atoms with Gasteiger partial charge in [-0.15, -0.1) is 0 Å². The zero-order chi connectivity index (χ0) is 15.3. The second-order valence-electron chi connectivity index (χ2n) is 5.15. The van der Waals surface area contributed by atoms with Crippen LogP contribution in [0.3, 0.4) is 0 Å². The monoisotopic (exact) mass is 341 g/mol. The summed E-state index contributed by atoms with van der Waals surface area (Å²) in [5.74, 6) is 0.673. The molecule has 1 N–H and O–H groups in total. The van der Waals surface area contributed by atoms with Crippen molar-refractivity contribution in [1.29, 1.82) is 0 Å². The maximum atomic E-state index is 12.1. The Morgan fingerprint density at radius 3 is 2.20 bits per heavy atom. The molecule has 1 aromatic rings. The number of halogens is 1. The molecule has 4 heteroatoms. The van der Waals surface area contributed by atoms with Gasteiger partial charge in [0.15, 0.2) is 6.10 Å². The number of hydrogen-bond acceptors (Lipinski definition) is 2. The van der Waals surface area contributed by atoms with E-state index in [-0.39, 0.29) is 11.9 Å². The maximum Gasteiger partial charge on any atom is 0.260 e. The highest BCUT2D eigenvalue weighted by Crippen LogP contribution is 2.26. The molecule has 0 aromatic heterocycles. The molecule has 1 rings (SSSR count). The van der Waals surface area contributed by atoms with Crippen molar-refractivity contribution in [3.8, 4) is 5.75 Å². The fraction of sp³-hybridized carbons (Fsp3) is 0.562. The first-order valence-electron chi connectivity index (χ1n) is 7.12. The number of nitrogens with one attached hydrogen (secondary N) is 1. The fourth-order valence-corrected chi connectivity index (χ4v) is 2.27. The summed E-state index contributed by atoms with van der Waals surface area (Å²) in [6.07, 6.45) is 1.38. The van der Waals surface area contributed by atoms with Crippen molar-refractivity contribution < 1.29 is 9.53 Å². The van der Waals surface area contributed by atoms with Crippen LogP contribution in [-0.4, -0.2) is 18.1 Å². The second-order valence-corrected chi connectivity index (χ2v) is 5.95. The van der Waals surface area contributed by atoms with Gasteiger partial charge < -0.3 is 10.1 Å². The van der Waals surface area contributed by atoms with Crippen LogP contribution < -0.4 is 10.1 Å². The van der Waals surface area contributed by atoms with E-state index in [0.29, 0.717) is 0 Å². The largest absolute Gasteiger partial charge is 0.481 e. The highest BCUT2D eigenvalue weighted by Gasteiger charge is 2.17. The highest BCUT2D eigenvalue weighted by atomic mass is 79.9. The number of benzene rings is 1. The average molecular weight is 342 g/mol. The highest BCUT2D eigenvalue weighted by molar-refractivity contribution is 9.10. The van der Waals surface area contributed by atoms with Gasteiger partial charge in [-0.3, -0.25) is 4.79 Å². The molecule has 1 amide bonds. The molecule has 112 valence electrons. The molecule has 3 nitrogen and oxygen atoms in total. The summed E-state index contributed by atoms with van der Waals surface area (Å²) in [5, 5.41) is 3.00. The number of rotatable bonds is 6. The first-order chi connectivity index (χ1) is 9.38. The van der Waals surface area contributed by atoms with Crippen LogP contribution in [-0.2, 0) is 4.79 Å². The summed E-state index contributed by atoms with van der Waals surface area (Å²) in [5.41, 5.74) is 2.21. The number of amides is 1. The lowest BCUT2D eigenvalue weighted by Gasteiger charge is -2.20. The number of hydrogen-bond donors (Lipinski definition) is 1. The minimum Gasteiger partial charge on any atom is -0.481 e. The minimum absolute atomic E-state index is 0.0584. The van der Waals surface area contributed by atoms with Gasteiger partial charge in [-0.2, -0.15) is 0 Å². The number of carbonyl (C=O) groups excluding carboxylic acids is 1. The maximum absolute atomic E-state index is 12.1. The molecule has 0 aliphatic heterocycles. The third kappa shape index (κ3) is 4.51. The van der Waals surface area contributed by atoms with E-state index in [1.165, 1.54) is 0 Å². The van der Waals surface area contributed by atoms with Crippen LogP contribution in [0.4, 0.5) is 0 Å². The number of ether oxygens (including phenoxy) is 1. The first-order valence-corrected chi connectivity index (χ1v) is 7.92. The van der Waals surface area contributed by atoms with E-state index < -0.39 is 6.10 Å². The predicted octanol–water partition coefficient (Wildman–Crippen LogP) is 4.14. The second kappa shape index (κ2) is 7.67. The van der Waals surface area contributed by atoms with Gasteiger partial charge in [0.25, 0.3) is 5.91 Å². The molecular formula is C16H24BrNO2. The van der Waals surface area contributed by atoms with Gasteiger partial charge in [0, 0.05) is 10.5 Å². The predicted molar refractivity (Wildman–Crippen MR) is 86.2 cm³/mol. The summed E-state index contributed by atoms with van der Waals surface area (Å²) in [6, 6.07) is 4.11. The van der Waals surface area contributed by atoms with E-state index in [1.807, 2.05) is 26.0 Å². The van der Waals surface area contributed by atoms with Crippen LogP contribution in [0.2, 0.25) is 0 Å². The fourth-order valence-electron chi connectivity index (χ4n) is 2.04. The van der Waals surface area contributed by atoms with Crippen LogP contribution in [0.1, 0.15) is 44.7 Å². The summed E-state index contributed by atoms with van der Waals surface area (Å²) in [4.78, 5) is 12.1. The first kappa shape index (κ1) is 17.0. The minimum atomic E-state index is -0.490. The molecule has 0 saturated heterocycles. The lowest BCUT2D eigenvalue weighted by atomic mass is 10.1. The molecule has 0 bridgehead atoms. The van der Waals surface area contributed by atoms with Crippen molar-refractivity contribution in [2.45, 2.75) is 59.6 Å². The van der Waals surface area contributed by atoms with Crippen LogP contribution in [0.15, 0.2) is 16.6 Å². The molecule has 20 heavy (non-hydrogen) atoms. The summed E-state index contributed by atoms with van der Waals surface area (Å²) in [7, 11) is 0. The molecule has 0 radical (unpaired) electrons. The zero-order valence-electron chi connectivity index (χ0n) is 12.9. The van der Waals surface area contributed by atoms with Gasteiger partial charge >= 0.3 is 0 Å².